The molecule has 3 aromatic carbocycles. The molecule has 3 aromatic rings. The molecule has 1 heterocycles. The molecule has 0 bridgehead atoms. The number of benzene rings is 3. The smallest absolute Gasteiger partial charge is 0.297 e. The third-order valence-corrected chi connectivity index (χ3v) is 5.06. The fourth-order valence-corrected chi connectivity index (χ4v) is 3.54. The van der Waals surface area contributed by atoms with Crippen LogP contribution in [0.1, 0.15) is 35.3 Å². The molecule has 0 unspecified atom stereocenters. The third kappa shape index (κ3) is 5.44. The van der Waals surface area contributed by atoms with Crippen LogP contribution in [0, 0.1) is 0 Å². The molecular formula is C27H24N4O4. The Morgan fingerprint density at radius 2 is 1.69 bits per heavy atom. The number of rotatable bonds is 7. The summed E-state index contributed by atoms with van der Waals surface area (Å²) < 4.78 is 5.63. The Kier molecular flexibility index (Phi) is 7.02. The average Bonchev–Trinajstić information content (AvgIpc) is 3.15. The molecule has 0 aromatic heterocycles. The number of amides is 3. The maximum absolute atomic E-state index is 13.3. The first-order chi connectivity index (χ1) is 17.0. The molecule has 0 saturated heterocycles. The fourth-order valence-electron chi connectivity index (χ4n) is 3.54. The van der Waals surface area contributed by atoms with Gasteiger partial charge in [-0.3, -0.25) is 19.8 Å². The van der Waals surface area contributed by atoms with Crippen molar-refractivity contribution in [3.63, 3.8) is 0 Å². The number of hydrogen-bond donors (Lipinski definition) is 2. The van der Waals surface area contributed by atoms with E-state index in [0.717, 1.165) is 10.6 Å². The molecule has 8 nitrogen and oxygen atoms in total. The van der Waals surface area contributed by atoms with Crippen molar-refractivity contribution in [1.29, 1.82) is 0 Å². The maximum Gasteiger partial charge on any atom is 0.297 e. The number of carbonyl (C=O) groups excluding carboxylic acids is 3. The van der Waals surface area contributed by atoms with Crippen LogP contribution in [0.4, 0.5) is 5.69 Å². The first kappa shape index (κ1) is 23.4. The summed E-state index contributed by atoms with van der Waals surface area (Å²) in [4.78, 5) is 42.5. The molecule has 0 aliphatic carbocycles. The molecule has 0 radical (unpaired) electrons. The lowest BCUT2D eigenvalue weighted by molar-refractivity contribution is -0.124. The van der Waals surface area contributed by atoms with Crippen molar-refractivity contribution in [3.05, 3.63) is 101 Å². The van der Waals surface area contributed by atoms with Crippen molar-refractivity contribution in [2.75, 3.05) is 11.9 Å². The minimum atomic E-state index is -0.555. The standard InChI is InChI=1S/C27H24N4O4/c1-3-35-24-17-21(28-18(2)32)14-15-22(24)26(33)30-31-25(20-12-8-5-9-13-20)29-23(27(31)34)16-19-10-6-4-7-11-19/h4-17H,3H2,1-2H3,(H,28,32)(H,30,33). The van der Waals surface area contributed by atoms with Crippen LogP contribution in [0.3, 0.4) is 0 Å². The van der Waals surface area contributed by atoms with Gasteiger partial charge >= 0.3 is 0 Å². The van der Waals surface area contributed by atoms with E-state index in [4.69, 9.17) is 4.74 Å². The van der Waals surface area contributed by atoms with E-state index in [-0.39, 0.29) is 22.9 Å². The summed E-state index contributed by atoms with van der Waals surface area (Å²) in [6, 6.07) is 23.2. The topological polar surface area (TPSA) is 100 Å². The van der Waals surface area contributed by atoms with Crippen molar-refractivity contribution in [2.24, 2.45) is 4.99 Å². The van der Waals surface area contributed by atoms with Crippen molar-refractivity contribution in [2.45, 2.75) is 13.8 Å². The van der Waals surface area contributed by atoms with E-state index < -0.39 is 11.8 Å². The SMILES string of the molecule is CCOc1cc(NC(C)=O)ccc1C(=O)NN1C(=O)C(=Cc2ccccc2)N=C1c1ccccc1. The van der Waals surface area contributed by atoms with Crippen LogP contribution in [-0.2, 0) is 9.59 Å². The molecule has 0 saturated carbocycles. The molecule has 0 atom stereocenters. The van der Waals surface area contributed by atoms with Gasteiger partial charge in [0, 0.05) is 24.2 Å². The van der Waals surface area contributed by atoms with Gasteiger partial charge in [0.15, 0.2) is 5.84 Å². The number of ether oxygens (including phenoxy) is 1. The molecule has 0 spiro atoms. The van der Waals surface area contributed by atoms with Gasteiger partial charge in [-0.15, -0.1) is 0 Å². The molecule has 3 amide bonds. The summed E-state index contributed by atoms with van der Waals surface area (Å²) in [6.07, 6.45) is 1.67. The van der Waals surface area contributed by atoms with Crippen molar-refractivity contribution >= 4 is 35.3 Å². The summed E-state index contributed by atoms with van der Waals surface area (Å²) in [6.45, 7) is 3.50. The second kappa shape index (κ2) is 10.5. The minimum absolute atomic E-state index is 0.196. The van der Waals surface area contributed by atoms with Gasteiger partial charge in [-0.1, -0.05) is 60.7 Å². The molecule has 0 fully saturated rings. The van der Waals surface area contributed by atoms with E-state index in [9.17, 15) is 14.4 Å². The van der Waals surface area contributed by atoms with E-state index in [0.29, 0.717) is 23.7 Å². The zero-order chi connectivity index (χ0) is 24.8. The van der Waals surface area contributed by atoms with Crippen LogP contribution in [0.25, 0.3) is 6.08 Å². The normalized spacial score (nSPS) is 14.0. The summed E-state index contributed by atoms with van der Waals surface area (Å²) in [5.41, 5.74) is 5.06. The zero-order valence-corrected chi connectivity index (χ0v) is 19.3. The highest BCUT2D eigenvalue weighted by molar-refractivity contribution is 6.20. The molecule has 35 heavy (non-hydrogen) atoms. The summed E-state index contributed by atoms with van der Waals surface area (Å²) in [5, 5.41) is 3.81. The average molecular weight is 469 g/mol. The number of nitrogens with one attached hydrogen (secondary N) is 2. The first-order valence-corrected chi connectivity index (χ1v) is 11.1. The highest BCUT2D eigenvalue weighted by atomic mass is 16.5. The fraction of sp³-hybridized carbons (Fsp3) is 0.111. The second-order valence-electron chi connectivity index (χ2n) is 7.65. The van der Waals surface area contributed by atoms with E-state index in [2.05, 4.69) is 15.7 Å². The van der Waals surface area contributed by atoms with Gasteiger partial charge in [0.25, 0.3) is 11.8 Å². The number of hydrazine groups is 1. The lowest BCUT2D eigenvalue weighted by atomic mass is 10.1. The van der Waals surface area contributed by atoms with Crippen LogP contribution >= 0.6 is 0 Å². The monoisotopic (exact) mass is 468 g/mol. The molecule has 1 aliphatic heterocycles. The Balaban J connectivity index is 1.67. The van der Waals surface area contributed by atoms with E-state index in [1.807, 2.05) is 60.7 Å². The predicted octanol–water partition coefficient (Wildman–Crippen LogP) is 4.02. The Morgan fingerprint density at radius 1 is 1.00 bits per heavy atom. The Bertz CT molecular complexity index is 1320. The number of nitrogens with zero attached hydrogens (tertiary/aromatic N) is 2. The van der Waals surface area contributed by atoms with Crippen LogP contribution < -0.4 is 15.5 Å². The molecule has 4 rings (SSSR count). The lowest BCUT2D eigenvalue weighted by Crippen LogP contribution is -2.47. The second-order valence-corrected chi connectivity index (χ2v) is 7.65. The Hall–Kier alpha value is -4.72. The van der Waals surface area contributed by atoms with Gasteiger partial charge in [0.2, 0.25) is 5.91 Å². The van der Waals surface area contributed by atoms with Crippen LogP contribution in [0.15, 0.2) is 89.6 Å². The Morgan fingerprint density at radius 3 is 2.34 bits per heavy atom. The number of aliphatic imine (C=N–C) groups is 1. The summed E-state index contributed by atoms with van der Waals surface area (Å²) in [7, 11) is 0. The van der Waals surface area contributed by atoms with Gasteiger partial charge in [-0.25, -0.2) is 4.99 Å². The van der Waals surface area contributed by atoms with E-state index in [1.165, 1.54) is 13.0 Å². The maximum atomic E-state index is 13.3. The number of amidine groups is 1. The first-order valence-electron chi connectivity index (χ1n) is 11.1. The molecule has 8 heteroatoms. The molecule has 176 valence electrons. The van der Waals surface area contributed by atoms with Gasteiger partial charge in [0.05, 0.1) is 12.2 Å². The number of carbonyl (C=O) groups is 3. The van der Waals surface area contributed by atoms with Crippen molar-refractivity contribution < 1.29 is 19.1 Å². The van der Waals surface area contributed by atoms with Crippen molar-refractivity contribution in [3.8, 4) is 5.75 Å². The predicted molar refractivity (Wildman–Crippen MR) is 134 cm³/mol. The van der Waals surface area contributed by atoms with Crippen molar-refractivity contribution in [1.82, 2.24) is 10.4 Å². The van der Waals surface area contributed by atoms with E-state index in [1.54, 1.807) is 25.1 Å². The molecule has 2 N–H and O–H groups in total. The van der Waals surface area contributed by atoms with Crippen LogP contribution in [-0.4, -0.2) is 35.2 Å². The number of anilines is 1. The highest BCUT2D eigenvalue weighted by Crippen LogP contribution is 2.25. The zero-order valence-electron chi connectivity index (χ0n) is 19.3. The molecule has 1 aliphatic rings. The van der Waals surface area contributed by atoms with E-state index >= 15 is 0 Å². The van der Waals surface area contributed by atoms with Crippen LogP contribution in [0.2, 0.25) is 0 Å². The third-order valence-electron chi connectivity index (χ3n) is 5.06. The lowest BCUT2D eigenvalue weighted by Gasteiger charge is -2.20. The minimum Gasteiger partial charge on any atom is -0.493 e. The summed E-state index contributed by atoms with van der Waals surface area (Å²) >= 11 is 0. The Labute approximate surface area is 202 Å². The van der Waals surface area contributed by atoms with Gasteiger partial charge in [-0.2, -0.15) is 5.01 Å². The van der Waals surface area contributed by atoms with Gasteiger partial charge in [0.1, 0.15) is 11.4 Å². The van der Waals surface area contributed by atoms with Crippen LogP contribution in [0.5, 0.6) is 5.75 Å². The van der Waals surface area contributed by atoms with Gasteiger partial charge in [-0.05, 0) is 30.7 Å². The van der Waals surface area contributed by atoms with Gasteiger partial charge < -0.3 is 10.1 Å². The molecular weight excluding hydrogens is 444 g/mol. The number of hydrogen-bond acceptors (Lipinski definition) is 5. The summed E-state index contributed by atoms with van der Waals surface area (Å²) in [5.74, 6) is -0.677. The largest absolute Gasteiger partial charge is 0.493 e. The quantitative estimate of drug-likeness (QED) is 0.512. The highest BCUT2D eigenvalue weighted by Gasteiger charge is 2.33.